The zero-order valence-corrected chi connectivity index (χ0v) is 29.0. The van der Waals surface area contributed by atoms with Crippen molar-refractivity contribution >= 4 is 29.4 Å². The Labute approximate surface area is 253 Å². The molecule has 2 unspecified atom stereocenters. The second-order valence-electron chi connectivity index (χ2n) is 10.4. The minimum absolute atomic E-state index is 0.0763. The van der Waals surface area contributed by atoms with Gasteiger partial charge in [0.25, 0.3) is 0 Å². The van der Waals surface area contributed by atoms with Gasteiger partial charge >= 0.3 is 17.6 Å². The van der Waals surface area contributed by atoms with Crippen molar-refractivity contribution in [2.75, 3.05) is 69.8 Å². The molecule has 0 N–H and O–H groups in total. The molecule has 0 bridgehead atoms. The number of rotatable bonds is 22. The van der Waals surface area contributed by atoms with Gasteiger partial charge in [0.05, 0.1) is 12.1 Å². The summed E-state index contributed by atoms with van der Waals surface area (Å²) in [6.07, 6.45) is 1.66. The highest BCUT2D eigenvalue weighted by molar-refractivity contribution is 6.60. The van der Waals surface area contributed by atoms with Crippen LogP contribution in [0.15, 0.2) is 10.2 Å². The average Bonchev–Trinajstić information content (AvgIpc) is 3.02. The molecule has 14 nitrogen and oxygen atoms in total. The first kappa shape index (κ1) is 39.7. The predicted molar refractivity (Wildman–Crippen MR) is 159 cm³/mol. The fourth-order valence-corrected chi connectivity index (χ4v) is 7.39. The fourth-order valence-electron chi connectivity index (χ4n) is 3.99. The molecule has 240 valence electrons. The van der Waals surface area contributed by atoms with Crippen LogP contribution in [-0.4, -0.2) is 120 Å². The first-order valence-corrected chi connectivity index (χ1v) is 17.6. The van der Waals surface area contributed by atoms with Gasteiger partial charge in [0.1, 0.15) is 0 Å². The molecule has 0 aromatic carbocycles. The van der Waals surface area contributed by atoms with E-state index in [0.29, 0.717) is 38.0 Å². The Kier molecular flexibility index (Phi) is 18.0. The molecule has 0 fully saturated rings. The highest BCUT2D eigenvalue weighted by Gasteiger charge is 2.38. The van der Waals surface area contributed by atoms with E-state index in [0.717, 1.165) is 0 Å². The van der Waals surface area contributed by atoms with E-state index in [1.165, 1.54) is 0 Å². The van der Waals surface area contributed by atoms with E-state index in [4.69, 9.17) is 26.6 Å². The first-order valence-electron chi connectivity index (χ1n) is 13.8. The maximum atomic E-state index is 12.7. The molecular weight excluding hydrogens is 580 g/mol. The molecular formula is C26H50N6O8Si2. The van der Waals surface area contributed by atoms with Gasteiger partial charge in [-0.05, 0) is 39.5 Å². The number of nitrogens with zero attached hydrogens (tertiary/aromatic N) is 6. The number of hydrogen-bond acceptors (Lipinski definition) is 12. The van der Waals surface area contributed by atoms with Crippen LogP contribution in [0.5, 0.6) is 0 Å². The number of carbonyl (C=O) groups excluding carboxylic acids is 2. The Morgan fingerprint density at radius 1 is 0.667 bits per heavy atom. The van der Waals surface area contributed by atoms with Crippen molar-refractivity contribution in [2.24, 2.45) is 10.2 Å². The SMILES string of the molecule is CO[Si](CCCN(C)C(=O)CCC(C)(C#N)N=NC(C)(C#N)CCC(=O)N(C)CCC[Si](OC)(OC)OC)(OC)OC. The minimum Gasteiger partial charge on any atom is -0.377 e. The number of carbonyl (C=O) groups is 2. The third-order valence-electron chi connectivity index (χ3n) is 7.29. The van der Waals surface area contributed by atoms with E-state index in [1.54, 1.807) is 80.4 Å². The van der Waals surface area contributed by atoms with E-state index in [1.807, 2.05) is 0 Å². The normalized spacial score (nSPS) is 15.0. The van der Waals surface area contributed by atoms with Crippen molar-refractivity contribution in [2.45, 2.75) is 75.5 Å². The van der Waals surface area contributed by atoms with Crippen molar-refractivity contribution in [3.8, 4) is 12.1 Å². The molecule has 0 heterocycles. The average molecular weight is 631 g/mol. The van der Waals surface area contributed by atoms with Crippen LogP contribution in [0, 0.1) is 22.7 Å². The Morgan fingerprint density at radius 3 is 1.19 bits per heavy atom. The van der Waals surface area contributed by atoms with Gasteiger partial charge in [0, 0.05) is 94.8 Å². The molecule has 0 aliphatic heterocycles. The molecule has 0 saturated carbocycles. The fraction of sp³-hybridized carbons (Fsp3) is 0.846. The van der Waals surface area contributed by atoms with Crippen LogP contribution in [0.1, 0.15) is 52.4 Å². The van der Waals surface area contributed by atoms with Crippen LogP contribution in [0.3, 0.4) is 0 Å². The summed E-state index contributed by atoms with van der Waals surface area (Å²) < 4.78 is 32.4. The highest BCUT2D eigenvalue weighted by Crippen LogP contribution is 2.24. The van der Waals surface area contributed by atoms with Crippen molar-refractivity contribution in [3.05, 3.63) is 0 Å². The molecule has 2 atom stereocenters. The maximum absolute atomic E-state index is 12.7. The summed E-state index contributed by atoms with van der Waals surface area (Å²) in [7, 11) is 7.20. The second-order valence-corrected chi connectivity index (χ2v) is 16.6. The molecule has 0 aliphatic carbocycles. The highest BCUT2D eigenvalue weighted by atomic mass is 28.4. The van der Waals surface area contributed by atoms with Crippen LogP contribution in [0.4, 0.5) is 0 Å². The van der Waals surface area contributed by atoms with Crippen LogP contribution in [-0.2, 0) is 36.1 Å². The van der Waals surface area contributed by atoms with E-state index in [-0.39, 0.29) is 37.5 Å². The molecule has 0 spiro atoms. The lowest BCUT2D eigenvalue weighted by Crippen LogP contribution is -2.43. The number of azo groups is 1. The van der Waals surface area contributed by atoms with Crippen molar-refractivity contribution in [1.29, 1.82) is 10.5 Å². The molecule has 0 aromatic heterocycles. The molecule has 0 aromatic rings. The first-order chi connectivity index (χ1) is 19.7. The summed E-state index contributed by atoms with van der Waals surface area (Å²) in [6.45, 7) is 4.08. The molecule has 2 amide bonds. The lowest BCUT2D eigenvalue weighted by molar-refractivity contribution is -0.131. The number of amides is 2. The summed E-state index contributed by atoms with van der Waals surface area (Å²) in [6, 6.07) is 5.31. The Balaban J connectivity index is 4.98. The van der Waals surface area contributed by atoms with E-state index in [9.17, 15) is 20.1 Å². The second kappa shape index (κ2) is 19.1. The molecule has 0 aliphatic rings. The zero-order valence-electron chi connectivity index (χ0n) is 27.0. The molecule has 0 radical (unpaired) electrons. The van der Waals surface area contributed by atoms with Crippen molar-refractivity contribution in [3.63, 3.8) is 0 Å². The Hall–Kier alpha value is -2.29. The Morgan fingerprint density at radius 2 is 0.952 bits per heavy atom. The van der Waals surface area contributed by atoms with Gasteiger partial charge in [-0.2, -0.15) is 20.8 Å². The molecule has 16 heteroatoms. The summed E-state index contributed by atoms with van der Waals surface area (Å²) >= 11 is 0. The van der Waals surface area contributed by atoms with Gasteiger partial charge < -0.3 is 36.4 Å². The van der Waals surface area contributed by atoms with Gasteiger partial charge in [-0.15, -0.1) is 0 Å². The standard InChI is InChI=1S/C26H50N6O8Si2/c1-25(21-27,15-13-23(33)31(3)17-11-19-41(35-5,36-6)37-7)29-30-26(2,22-28)16-14-24(34)32(4)18-12-20-42(38-8,39-9)40-10/h11-20H2,1-10H3. The predicted octanol–water partition coefficient (Wildman–Crippen LogP) is 3.02. The lowest BCUT2D eigenvalue weighted by atomic mass is 9.97. The van der Waals surface area contributed by atoms with Crippen molar-refractivity contribution in [1.82, 2.24) is 9.80 Å². The largest absolute Gasteiger partial charge is 0.500 e. The van der Waals surface area contributed by atoms with Gasteiger partial charge in [0.2, 0.25) is 11.8 Å². The van der Waals surface area contributed by atoms with E-state index < -0.39 is 28.7 Å². The van der Waals surface area contributed by atoms with Crippen LogP contribution >= 0.6 is 0 Å². The van der Waals surface area contributed by atoms with Gasteiger partial charge in [-0.25, -0.2) is 0 Å². The van der Waals surface area contributed by atoms with E-state index >= 15 is 0 Å². The van der Waals surface area contributed by atoms with Gasteiger partial charge in [-0.3, -0.25) is 9.59 Å². The summed E-state index contributed by atoms with van der Waals surface area (Å²) in [4.78, 5) is 28.6. The quantitative estimate of drug-likeness (QED) is 0.128. The maximum Gasteiger partial charge on any atom is 0.500 e. The summed E-state index contributed by atoms with van der Waals surface area (Å²) in [5.41, 5.74) is -2.61. The monoisotopic (exact) mass is 630 g/mol. The minimum atomic E-state index is -2.71. The molecule has 0 saturated heterocycles. The van der Waals surface area contributed by atoms with Gasteiger partial charge in [0.15, 0.2) is 11.1 Å². The third kappa shape index (κ3) is 12.9. The van der Waals surface area contributed by atoms with Crippen LogP contribution in [0.2, 0.25) is 12.1 Å². The zero-order chi connectivity index (χ0) is 32.5. The number of nitriles is 2. The Bertz CT molecular complexity index is 864. The molecule has 42 heavy (non-hydrogen) atoms. The summed E-state index contributed by atoms with van der Waals surface area (Å²) in [5, 5.41) is 27.9. The number of hydrogen-bond donors (Lipinski definition) is 0. The van der Waals surface area contributed by atoms with Gasteiger partial charge in [-0.1, -0.05) is 0 Å². The van der Waals surface area contributed by atoms with Crippen molar-refractivity contribution < 1.29 is 36.1 Å². The molecule has 0 rings (SSSR count). The van der Waals surface area contributed by atoms with E-state index in [2.05, 4.69) is 22.4 Å². The smallest absolute Gasteiger partial charge is 0.377 e. The van der Waals surface area contributed by atoms with Crippen LogP contribution < -0.4 is 0 Å². The topological polar surface area (TPSA) is 168 Å². The third-order valence-corrected chi connectivity index (χ3v) is 13.0. The lowest BCUT2D eigenvalue weighted by Gasteiger charge is -2.26. The summed E-state index contributed by atoms with van der Waals surface area (Å²) in [5.74, 6) is -0.298. The van der Waals surface area contributed by atoms with Crippen LogP contribution in [0.25, 0.3) is 0 Å².